The molecule has 0 unspecified atom stereocenters. The van der Waals surface area contributed by atoms with Crippen molar-refractivity contribution in [3.63, 3.8) is 0 Å². The Morgan fingerprint density at radius 3 is 2.97 bits per heavy atom. The summed E-state index contributed by atoms with van der Waals surface area (Å²) in [6.07, 6.45) is 0.0565. The molecule has 0 saturated carbocycles. The Labute approximate surface area is 207 Å². The number of nitrogens with zero attached hydrogens (tertiary/aromatic N) is 3. The van der Waals surface area contributed by atoms with E-state index >= 15 is 0 Å². The van der Waals surface area contributed by atoms with Crippen LogP contribution in [0.25, 0.3) is 10.9 Å². The lowest BCUT2D eigenvalue weighted by Crippen LogP contribution is -2.47. The molecule has 2 aliphatic heterocycles. The molecule has 184 valence electrons. The number of anilines is 1. The van der Waals surface area contributed by atoms with Gasteiger partial charge in [-0.2, -0.15) is 0 Å². The van der Waals surface area contributed by atoms with Crippen LogP contribution >= 0.6 is 11.8 Å². The minimum Gasteiger partial charge on any atom is -0.497 e. The lowest BCUT2D eigenvalue weighted by molar-refractivity contribution is -0.113. The molecule has 35 heavy (non-hydrogen) atoms. The predicted octanol–water partition coefficient (Wildman–Crippen LogP) is 1.94. The van der Waals surface area contributed by atoms with E-state index in [1.807, 2.05) is 41.0 Å². The van der Waals surface area contributed by atoms with Gasteiger partial charge < -0.3 is 24.7 Å². The summed E-state index contributed by atoms with van der Waals surface area (Å²) in [6, 6.07) is 13.3. The first-order valence-corrected chi connectivity index (χ1v) is 12.7. The summed E-state index contributed by atoms with van der Waals surface area (Å²) < 4.78 is 13.1. The third-order valence-electron chi connectivity index (χ3n) is 6.27. The summed E-state index contributed by atoms with van der Waals surface area (Å²) in [5.41, 5.74) is 1.75. The summed E-state index contributed by atoms with van der Waals surface area (Å²) in [6.45, 7) is 4.95. The van der Waals surface area contributed by atoms with Crippen molar-refractivity contribution in [2.75, 3.05) is 51.0 Å². The van der Waals surface area contributed by atoms with Crippen molar-refractivity contribution >= 4 is 34.4 Å². The largest absolute Gasteiger partial charge is 0.497 e. The number of fused-ring (bicyclic) bond motifs is 2. The molecule has 1 aromatic carbocycles. The van der Waals surface area contributed by atoms with E-state index in [0.29, 0.717) is 37.8 Å². The van der Waals surface area contributed by atoms with E-state index in [0.717, 1.165) is 46.9 Å². The normalized spacial score (nSPS) is 18.3. The van der Waals surface area contributed by atoms with Crippen LogP contribution in [-0.2, 0) is 22.6 Å². The topological polar surface area (TPSA) is 97.7 Å². The SMILES string of the molecule is COc1ccc2ccc(=O)n(CCN3CCO[C@@H](CNCc4ccc5c(n4)NC(=O)CS5)C3)c2c1. The van der Waals surface area contributed by atoms with Crippen LogP contribution in [-0.4, -0.2) is 72.1 Å². The first-order chi connectivity index (χ1) is 17.1. The van der Waals surface area contributed by atoms with E-state index < -0.39 is 0 Å². The van der Waals surface area contributed by atoms with Crippen molar-refractivity contribution in [1.82, 2.24) is 19.8 Å². The van der Waals surface area contributed by atoms with Crippen LogP contribution in [0.3, 0.4) is 0 Å². The molecule has 0 bridgehead atoms. The Morgan fingerprint density at radius 1 is 1.20 bits per heavy atom. The van der Waals surface area contributed by atoms with E-state index in [9.17, 15) is 9.59 Å². The van der Waals surface area contributed by atoms with Gasteiger partial charge in [0.15, 0.2) is 0 Å². The molecular weight excluding hydrogens is 466 g/mol. The number of thioether (sulfide) groups is 1. The number of methoxy groups -OCH3 is 1. The molecule has 3 aromatic rings. The van der Waals surface area contributed by atoms with Gasteiger partial charge in [0, 0.05) is 51.4 Å². The minimum absolute atomic E-state index is 0.00984. The van der Waals surface area contributed by atoms with Crippen molar-refractivity contribution in [2.24, 2.45) is 0 Å². The summed E-state index contributed by atoms with van der Waals surface area (Å²) in [7, 11) is 1.63. The highest BCUT2D eigenvalue weighted by atomic mass is 32.2. The number of hydrogen-bond donors (Lipinski definition) is 2. The molecular formula is C25H29N5O4S. The predicted molar refractivity (Wildman–Crippen MR) is 136 cm³/mol. The van der Waals surface area contributed by atoms with Gasteiger partial charge in [-0.25, -0.2) is 4.98 Å². The van der Waals surface area contributed by atoms with Crippen molar-refractivity contribution in [2.45, 2.75) is 24.1 Å². The third-order valence-corrected chi connectivity index (χ3v) is 7.32. The average Bonchev–Trinajstić information content (AvgIpc) is 2.88. The Balaban J connectivity index is 1.15. The zero-order valence-corrected chi connectivity index (χ0v) is 20.5. The van der Waals surface area contributed by atoms with Crippen molar-refractivity contribution in [1.29, 1.82) is 0 Å². The monoisotopic (exact) mass is 495 g/mol. The first kappa shape index (κ1) is 23.8. The molecule has 1 amide bonds. The number of carbonyl (C=O) groups excluding carboxylic acids is 1. The number of nitrogens with one attached hydrogen (secondary N) is 2. The highest BCUT2D eigenvalue weighted by molar-refractivity contribution is 8.00. The maximum absolute atomic E-state index is 12.6. The number of pyridine rings is 2. The molecule has 9 nitrogen and oxygen atoms in total. The molecule has 2 N–H and O–H groups in total. The second-order valence-electron chi connectivity index (χ2n) is 8.66. The molecule has 2 aliphatic rings. The number of ether oxygens (including phenoxy) is 2. The van der Waals surface area contributed by atoms with E-state index in [4.69, 9.17) is 9.47 Å². The van der Waals surface area contributed by atoms with Crippen LogP contribution in [0, 0.1) is 0 Å². The zero-order chi connectivity index (χ0) is 24.2. The van der Waals surface area contributed by atoms with Crippen LogP contribution in [0.2, 0.25) is 0 Å². The summed E-state index contributed by atoms with van der Waals surface area (Å²) in [5.74, 6) is 1.81. The van der Waals surface area contributed by atoms with Gasteiger partial charge in [-0.05, 0) is 35.7 Å². The fourth-order valence-electron chi connectivity index (χ4n) is 4.44. The smallest absolute Gasteiger partial charge is 0.251 e. The van der Waals surface area contributed by atoms with Crippen LogP contribution in [0.1, 0.15) is 5.69 Å². The lowest BCUT2D eigenvalue weighted by atomic mass is 10.2. The minimum atomic E-state index is -0.0132. The Bertz CT molecular complexity index is 1280. The molecule has 4 heterocycles. The van der Waals surface area contributed by atoms with Gasteiger partial charge in [0.25, 0.3) is 5.56 Å². The van der Waals surface area contributed by atoms with Gasteiger partial charge in [0.2, 0.25) is 5.91 Å². The number of carbonyl (C=O) groups is 1. The number of aromatic nitrogens is 2. The van der Waals surface area contributed by atoms with Crippen molar-refractivity contribution in [3.05, 3.63) is 58.5 Å². The molecule has 5 rings (SSSR count). The van der Waals surface area contributed by atoms with Crippen molar-refractivity contribution < 1.29 is 14.3 Å². The summed E-state index contributed by atoms with van der Waals surface area (Å²) in [5, 5.41) is 7.28. The maximum Gasteiger partial charge on any atom is 0.251 e. The van der Waals surface area contributed by atoms with Crippen LogP contribution in [0.5, 0.6) is 5.75 Å². The van der Waals surface area contributed by atoms with E-state index in [1.54, 1.807) is 13.2 Å². The highest BCUT2D eigenvalue weighted by Gasteiger charge is 2.21. The molecule has 2 aromatic heterocycles. The summed E-state index contributed by atoms with van der Waals surface area (Å²) >= 11 is 1.51. The number of morpholine rings is 1. The van der Waals surface area contributed by atoms with E-state index in [-0.39, 0.29) is 17.6 Å². The second kappa shape index (κ2) is 10.8. The molecule has 1 saturated heterocycles. The van der Waals surface area contributed by atoms with E-state index in [2.05, 4.69) is 20.5 Å². The average molecular weight is 496 g/mol. The molecule has 0 aliphatic carbocycles. The molecule has 0 radical (unpaired) electrons. The molecule has 0 spiro atoms. The summed E-state index contributed by atoms with van der Waals surface area (Å²) in [4.78, 5) is 32.1. The fraction of sp³-hybridized carbons (Fsp3) is 0.400. The Morgan fingerprint density at radius 2 is 2.09 bits per heavy atom. The fourth-order valence-corrected chi connectivity index (χ4v) is 5.19. The molecule has 1 fully saturated rings. The van der Waals surface area contributed by atoms with Crippen LogP contribution in [0.15, 0.2) is 52.2 Å². The third kappa shape index (κ3) is 5.67. The van der Waals surface area contributed by atoms with Gasteiger partial charge in [-0.1, -0.05) is 0 Å². The standard InChI is InChI=1S/C25H29N5O4S/c1-33-19-5-2-17-3-7-24(32)30(21(17)12-19)9-8-29-10-11-34-20(15-29)14-26-13-18-4-6-22-25(27-18)28-23(31)16-35-22/h2-7,12,20,26H,8-11,13-16H2,1H3,(H,27,28,31)/t20-/m0/s1. The van der Waals surface area contributed by atoms with Crippen LogP contribution in [0.4, 0.5) is 5.82 Å². The van der Waals surface area contributed by atoms with Crippen LogP contribution < -0.4 is 20.9 Å². The van der Waals surface area contributed by atoms with Gasteiger partial charge in [0.1, 0.15) is 11.6 Å². The Hall–Kier alpha value is -2.92. The highest BCUT2D eigenvalue weighted by Crippen LogP contribution is 2.29. The quantitative estimate of drug-likeness (QED) is 0.489. The number of rotatable bonds is 8. The second-order valence-corrected chi connectivity index (χ2v) is 9.68. The number of amides is 1. The molecule has 10 heteroatoms. The van der Waals surface area contributed by atoms with Gasteiger partial charge in [-0.15, -0.1) is 11.8 Å². The lowest BCUT2D eigenvalue weighted by Gasteiger charge is -2.33. The van der Waals surface area contributed by atoms with Gasteiger partial charge in [-0.3, -0.25) is 14.5 Å². The molecule has 1 atom stereocenters. The first-order valence-electron chi connectivity index (χ1n) is 11.7. The van der Waals surface area contributed by atoms with Gasteiger partial charge >= 0.3 is 0 Å². The number of hydrogen-bond acceptors (Lipinski definition) is 8. The number of benzene rings is 1. The maximum atomic E-state index is 12.6. The van der Waals surface area contributed by atoms with E-state index in [1.165, 1.54) is 11.8 Å². The zero-order valence-electron chi connectivity index (χ0n) is 19.7. The van der Waals surface area contributed by atoms with Crippen molar-refractivity contribution in [3.8, 4) is 5.75 Å². The Kier molecular flexibility index (Phi) is 7.33. The van der Waals surface area contributed by atoms with Gasteiger partial charge in [0.05, 0.1) is 41.7 Å².